The van der Waals surface area contributed by atoms with Crippen molar-refractivity contribution in [2.24, 2.45) is 0 Å². The van der Waals surface area contributed by atoms with Gasteiger partial charge in [0.25, 0.3) is 0 Å². The fraction of sp³-hybridized carbons (Fsp3) is 0.172. The lowest BCUT2D eigenvalue weighted by molar-refractivity contribution is 0.862. The van der Waals surface area contributed by atoms with Gasteiger partial charge in [-0.3, -0.25) is 4.40 Å². The van der Waals surface area contributed by atoms with Crippen LogP contribution in [0.2, 0.25) is 0 Å². The Morgan fingerprint density at radius 1 is 0.939 bits per heavy atom. The Labute approximate surface area is 194 Å². The van der Waals surface area contributed by atoms with E-state index in [2.05, 4.69) is 84.2 Å². The van der Waals surface area contributed by atoms with Gasteiger partial charge in [-0.25, -0.2) is 4.98 Å². The minimum atomic E-state index is 0.0830. The minimum absolute atomic E-state index is 0.0830. The SMILES string of the molecule is Cc1ccc(Cc2c(C)c(C#N)c3nc4ccccc4n3c2N[C@H](C)c2ccccc2)cc1. The molecule has 1 atom stereocenters. The summed E-state index contributed by atoms with van der Waals surface area (Å²) in [5, 5.41) is 13.9. The summed E-state index contributed by atoms with van der Waals surface area (Å²) in [5.74, 6) is 0.993. The fourth-order valence-corrected chi connectivity index (χ4v) is 4.49. The van der Waals surface area contributed by atoms with Gasteiger partial charge in [0.15, 0.2) is 5.65 Å². The zero-order valence-electron chi connectivity index (χ0n) is 19.1. The van der Waals surface area contributed by atoms with Crippen molar-refractivity contribution in [3.8, 4) is 6.07 Å². The standard InChI is InChI=1S/C29H26N4/c1-19-13-15-22(16-14-19)17-24-20(2)25(18-30)29-32-26-11-7-8-12-27(26)33(29)28(24)31-21(3)23-9-5-4-6-10-23/h4-16,21,31H,17H2,1-3H3/t21-/m1/s1. The molecule has 3 aromatic carbocycles. The summed E-state index contributed by atoms with van der Waals surface area (Å²) in [6.07, 6.45) is 0.729. The molecule has 0 radical (unpaired) electrons. The summed E-state index contributed by atoms with van der Waals surface area (Å²) >= 11 is 0. The Bertz CT molecular complexity index is 1490. The van der Waals surface area contributed by atoms with Crippen molar-refractivity contribution < 1.29 is 0 Å². The first-order chi connectivity index (χ1) is 16.1. The first kappa shape index (κ1) is 20.8. The van der Waals surface area contributed by atoms with Gasteiger partial charge >= 0.3 is 0 Å². The Kier molecular flexibility index (Phi) is 5.32. The van der Waals surface area contributed by atoms with Gasteiger partial charge in [-0.15, -0.1) is 0 Å². The number of anilines is 1. The van der Waals surface area contributed by atoms with Crippen molar-refractivity contribution in [3.63, 3.8) is 0 Å². The molecule has 0 spiro atoms. The molecule has 0 amide bonds. The molecule has 0 fully saturated rings. The molecule has 4 nitrogen and oxygen atoms in total. The summed E-state index contributed by atoms with van der Waals surface area (Å²) in [7, 11) is 0. The number of hydrogen-bond donors (Lipinski definition) is 1. The predicted octanol–water partition coefficient (Wildman–Crippen LogP) is 6.74. The summed E-state index contributed by atoms with van der Waals surface area (Å²) in [5.41, 5.74) is 8.97. The minimum Gasteiger partial charge on any atom is -0.364 e. The summed E-state index contributed by atoms with van der Waals surface area (Å²) < 4.78 is 2.13. The van der Waals surface area contributed by atoms with Gasteiger partial charge in [0.2, 0.25) is 0 Å². The summed E-state index contributed by atoms with van der Waals surface area (Å²) in [6.45, 7) is 6.31. The number of aryl methyl sites for hydroxylation is 1. The highest BCUT2D eigenvalue weighted by Gasteiger charge is 2.22. The van der Waals surface area contributed by atoms with Gasteiger partial charge in [0, 0.05) is 18.0 Å². The number of nitriles is 1. The van der Waals surface area contributed by atoms with Gasteiger partial charge in [-0.2, -0.15) is 5.26 Å². The summed E-state index contributed by atoms with van der Waals surface area (Å²) in [6, 6.07) is 29.6. The van der Waals surface area contributed by atoms with Gasteiger partial charge in [0.05, 0.1) is 16.6 Å². The van der Waals surface area contributed by atoms with Crippen LogP contribution in [0.4, 0.5) is 5.82 Å². The van der Waals surface area contributed by atoms with Crippen molar-refractivity contribution in [3.05, 3.63) is 112 Å². The van der Waals surface area contributed by atoms with E-state index in [1.165, 1.54) is 16.7 Å². The highest BCUT2D eigenvalue weighted by molar-refractivity contribution is 5.86. The molecule has 0 unspecified atom stereocenters. The van der Waals surface area contributed by atoms with Crippen LogP contribution < -0.4 is 5.32 Å². The quantitative estimate of drug-likeness (QED) is 0.336. The van der Waals surface area contributed by atoms with Crippen LogP contribution in [-0.2, 0) is 6.42 Å². The molecule has 0 saturated carbocycles. The van der Waals surface area contributed by atoms with E-state index in [4.69, 9.17) is 4.98 Å². The van der Waals surface area contributed by atoms with E-state index in [0.717, 1.165) is 34.4 Å². The van der Waals surface area contributed by atoms with Crippen LogP contribution >= 0.6 is 0 Å². The maximum Gasteiger partial charge on any atom is 0.157 e. The average Bonchev–Trinajstić information content (AvgIpc) is 3.22. The number of pyridine rings is 1. The molecule has 2 heterocycles. The van der Waals surface area contributed by atoms with E-state index >= 15 is 0 Å². The Morgan fingerprint density at radius 2 is 1.64 bits per heavy atom. The molecule has 5 aromatic rings. The van der Waals surface area contributed by atoms with E-state index in [9.17, 15) is 5.26 Å². The van der Waals surface area contributed by atoms with Crippen LogP contribution in [0.5, 0.6) is 0 Å². The van der Waals surface area contributed by atoms with E-state index in [1.54, 1.807) is 0 Å². The van der Waals surface area contributed by atoms with E-state index in [-0.39, 0.29) is 6.04 Å². The maximum absolute atomic E-state index is 10.1. The molecule has 0 aliphatic rings. The van der Waals surface area contributed by atoms with Gasteiger partial charge in [0.1, 0.15) is 11.9 Å². The van der Waals surface area contributed by atoms with Crippen molar-refractivity contribution in [2.45, 2.75) is 33.2 Å². The van der Waals surface area contributed by atoms with Crippen LogP contribution in [0, 0.1) is 25.2 Å². The van der Waals surface area contributed by atoms with Crippen molar-refractivity contribution >= 4 is 22.5 Å². The topological polar surface area (TPSA) is 53.1 Å². The number of hydrogen-bond acceptors (Lipinski definition) is 3. The Hall–Kier alpha value is -4.10. The lowest BCUT2D eigenvalue weighted by atomic mass is 9.96. The molecule has 0 saturated heterocycles. The second kappa shape index (κ2) is 8.44. The molecule has 4 heteroatoms. The van der Waals surface area contributed by atoms with Crippen LogP contribution in [0.1, 0.15) is 46.3 Å². The number of rotatable bonds is 5. The second-order valence-corrected chi connectivity index (χ2v) is 8.64. The Balaban J connectivity index is 1.78. The van der Waals surface area contributed by atoms with Crippen LogP contribution in [0.3, 0.4) is 0 Å². The van der Waals surface area contributed by atoms with Crippen LogP contribution in [0.25, 0.3) is 16.7 Å². The normalized spacial score (nSPS) is 12.1. The number of benzene rings is 3. The largest absolute Gasteiger partial charge is 0.364 e. The molecule has 0 aliphatic heterocycles. The lowest BCUT2D eigenvalue weighted by Gasteiger charge is -2.23. The molecule has 5 rings (SSSR count). The van der Waals surface area contributed by atoms with E-state index in [1.807, 2.05) is 31.2 Å². The predicted molar refractivity (Wildman–Crippen MR) is 135 cm³/mol. The zero-order valence-corrected chi connectivity index (χ0v) is 19.1. The number of aromatic nitrogens is 2. The number of fused-ring (bicyclic) bond motifs is 3. The third kappa shape index (κ3) is 3.72. The average molecular weight is 431 g/mol. The van der Waals surface area contributed by atoms with E-state index in [0.29, 0.717) is 11.2 Å². The molecule has 2 aromatic heterocycles. The third-order valence-corrected chi connectivity index (χ3v) is 6.39. The molecule has 162 valence electrons. The molecule has 1 N–H and O–H groups in total. The monoisotopic (exact) mass is 430 g/mol. The number of nitrogens with one attached hydrogen (secondary N) is 1. The first-order valence-electron chi connectivity index (χ1n) is 11.3. The molecular formula is C29H26N4. The van der Waals surface area contributed by atoms with Gasteiger partial charge in [-0.1, -0.05) is 72.3 Å². The number of imidazole rings is 1. The summed E-state index contributed by atoms with van der Waals surface area (Å²) in [4.78, 5) is 4.85. The highest BCUT2D eigenvalue weighted by atomic mass is 15.1. The van der Waals surface area contributed by atoms with Gasteiger partial charge in [-0.05, 0) is 49.6 Å². The van der Waals surface area contributed by atoms with E-state index < -0.39 is 0 Å². The Morgan fingerprint density at radius 3 is 2.36 bits per heavy atom. The molecule has 0 aliphatic carbocycles. The third-order valence-electron chi connectivity index (χ3n) is 6.39. The first-order valence-corrected chi connectivity index (χ1v) is 11.3. The number of nitrogens with zero attached hydrogens (tertiary/aromatic N) is 3. The maximum atomic E-state index is 10.1. The second-order valence-electron chi connectivity index (χ2n) is 8.64. The van der Waals surface area contributed by atoms with Crippen molar-refractivity contribution in [2.75, 3.05) is 5.32 Å². The van der Waals surface area contributed by atoms with Crippen molar-refractivity contribution in [1.82, 2.24) is 9.38 Å². The molecule has 0 bridgehead atoms. The highest BCUT2D eigenvalue weighted by Crippen LogP contribution is 2.34. The fourth-order valence-electron chi connectivity index (χ4n) is 4.49. The number of para-hydroxylation sites is 2. The zero-order chi connectivity index (χ0) is 22.9. The molecular weight excluding hydrogens is 404 g/mol. The van der Waals surface area contributed by atoms with Crippen molar-refractivity contribution in [1.29, 1.82) is 5.26 Å². The van der Waals surface area contributed by atoms with Crippen LogP contribution in [-0.4, -0.2) is 9.38 Å². The van der Waals surface area contributed by atoms with Gasteiger partial charge < -0.3 is 5.32 Å². The lowest BCUT2D eigenvalue weighted by Crippen LogP contribution is -2.14. The molecule has 33 heavy (non-hydrogen) atoms. The smallest absolute Gasteiger partial charge is 0.157 e. The van der Waals surface area contributed by atoms with Crippen LogP contribution in [0.15, 0.2) is 78.9 Å².